The topological polar surface area (TPSA) is 71.2 Å². The number of hydrogen-bond acceptors (Lipinski definition) is 4. The van der Waals surface area contributed by atoms with E-state index < -0.39 is 5.95 Å². The zero-order valence-electron chi connectivity index (χ0n) is 18.7. The number of hydrogen-bond donors (Lipinski definition) is 2. The summed E-state index contributed by atoms with van der Waals surface area (Å²) in [5.74, 6) is 0.270. The number of halogens is 1. The van der Waals surface area contributed by atoms with Crippen LogP contribution in [0.4, 0.5) is 10.2 Å². The molecule has 0 bridgehead atoms. The second kappa shape index (κ2) is 7.39. The zero-order valence-corrected chi connectivity index (χ0v) is 18.7. The number of likely N-dealkylation sites (N-methyl/N-ethyl adjacent to an activating group) is 1. The number of nitrogen functional groups attached to an aromatic ring is 1. The van der Waals surface area contributed by atoms with Gasteiger partial charge in [-0.3, -0.25) is 4.79 Å². The number of aromatic nitrogens is 1. The van der Waals surface area contributed by atoms with Gasteiger partial charge in [-0.25, -0.2) is 4.98 Å². The van der Waals surface area contributed by atoms with Gasteiger partial charge in [0.05, 0.1) is 0 Å². The van der Waals surface area contributed by atoms with Gasteiger partial charge in [0.25, 0.3) is 5.91 Å². The van der Waals surface area contributed by atoms with Crippen molar-refractivity contribution in [3.8, 4) is 22.3 Å². The van der Waals surface area contributed by atoms with Crippen LogP contribution in [-0.2, 0) is 11.8 Å². The van der Waals surface area contributed by atoms with Gasteiger partial charge in [0, 0.05) is 41.7 Å². The lowest BCUT2D eigenvalue weighted by molar-refractivity contribution is 0.0946. The summed E-state index contributed by atoms with van der Waals surface area (Å²) in [4.78, 5) is 18.6. The molecule has 1 saturated heterocycles. The van der Waals surface area contributed by atoms with Gasteiger partial charge in [-0.1, -0.05) is 43.3 Å². The van der Waals surface area contributed by atoms with Crippen molar-refractivity contribution in [2.24, 2.45) is 5.92 Å². The van der Waals surface area contributed by atoms with Gasteiger partial charge in [0.15, 0.2) is 0 Å². The van der Waals surface area contributed by atoms with E-state index in [1.807, 2.05) is 30.3 Å². The number of amides is 1. The molecule has 3 aliphatic rings. The van der Waals surface area contributed by atoms with Gasteiger partial charge >= 0.3 is 0 Å². The normalized spacial score (nSPS) is 23.7. The Morgan fingerprint density at radius 3 is 2.67 bits per heavy atom. The maximum absolute atomic E-state index is 14.9. The molecule has 2 aliphatic heterocycles. The van der Waals surface area contributed by atoms with Crippen LogP contribution in [0.3, 0.4) is 0 Å². The lowest BCUT2D eigenvalue weighted by Gasteiger charge is -2.19. The fourth-order valence-electron chi connectivity index (χ4n) is 5.79. The van der Waals surface area contributed by atoms with Crippen LogP contribution in [-0.4, -0.2) is 42.0 Å². The minimum absolute atomic E-state index is 0.0597. The van der Waals surface area contributed by atoms with E-state index in [4.69, 9.17) is 5.73 Å². The second-order valence-electron chi connectivity index (χ2n) is 9.60. The largest absolute Gasteiger partial charge is 0.383 e. The molecule has 0 spiro atoms. The summed E-state index contributed by atoms with van der Waals surface area (Å²) in [5.41, 5.74) is 12.2. The van der Waals surface area contributed by atoms with Crippen molar-refractivity contribution in [1.82, 2.24) is 15.2 Å². The number of pyridine rings is 1. The van der Waals surface area contributed by atoms with Crippen molar-refractivity contribution in [2.75, 3.05) is 31.9 Å². The predicted octanol–water partition coefficient (Wildman–Crippen LogP) is 4.02. The van der Waals surface area contributed by atoms with Gasteiger partial charge in [0.1, 0.15) is 5.82 Å². The summed E-state index contributed by atoms with van der Waals surface area (Å²) in [6, 6.07) is 15.7. The molecular weight excluding hydrogens is 415 g/mol. The number of piperidine rings is 1. The summed E-state index contributed by atoms with van der Waals surface area (Å²) in [5, 5.41) is 2.85. The molecular formula is C27H27FN4O. The van der Waals surface area contributed by atoms with Crippen LogP contribution in [0.1, 0.15) is 34.8 Å². The van der Waals surface area contributed by atoms with Crippen LogP contribution in [0.5, 0.6) is 0 Å². The highest BCUT2D eigenvalue weighted by Crippen LogP contribution is 2.59. The molecule has 33 heavy (non-hydrogen) atoms. The number of carbonyl (C=O) groups is 1. The Hall–Kier alpha value is -3.25. The summed E-state index contributed by atoms with van der Waals surface area (Å²) in [7, 11) is 0. The average molecular weight is 443 g/mol. The van der Waals surface area contributed by atoms with E-state index in [-0.39, 0.29) is 17.1 Å². The third-order valence-corrected chi connectivity index (χ3v) is 7.78. The molecule has 1 saturated carbocycles. The standard InChI is InChI=1S/C27H27FN4O/c1-2-32-14-20-13-27(20,15-32)19-6-3-16(4-7-19)22-12-23(25(29)31-24(22)28)17-5-8-21-18(11-17)9-10-30-26(21)33/h3-8,11-12,20H,2,9-10,13-15H2,1H3,(H2,29,31)(H,30,33)/t20?,27-/m0/s1. The number of nitrogens with one attached hydrogen (secondary N) is 1. The molecule has 5 nitrogen and oxygen atoms in total. The van der Waals surface area contributed by atoms with Gasteiger partial charge in [-0.15, -0.1) is 0 Å². The summed E-state index contributed by atoms with van der Waals surface area (Å²) in [6.45, 7) is 6.22. The van der Waals surface area contributed by atoms with E-state index >= 15 is 0 Å². The molecule has 6 heteroatoms. The fraction of sp³-hybridized carbons (Fsp3) is 0.333. The van der Waals surface area contributed by atoms with E-state index in [0.29, 0.717) is 23.2 Å². The van der Waals surface area contributed by atoms with Crippen molar-refractivity contribution in [1.29, 1.82) is 0 Å². The highest BCUT2D eigenvalue weighted by atomic mass is 19.1. The number of carbonyl (C=O) groups excluding carboxylic acids is 1. The van der Waals surface area contributed by atoms with Crippen LogP contribution in [0.25, 0.3) is 22.3 Å². The minimum atomic E-state index is -0.568. The fourth-order valence-corrected chi connectivity index (χ4v) is 5.79. The zero-order chi connectivity index (χ0) is 22.7. The van der Waals surface area contributed by atoms with E-state index in [1.54, 1.807) is 6.07 Å². The highest BCUT2D eigenvalue weighted by molar-refractivity contribution is 5.97. The van der Waals surface area contributed by atoms with Crippen LogP contribution in [0.15, 0.2) is 48.5 Å². The summed E-state index contributed by atoms with van der Waals surface area (Å²) < 4.78 is 14.9. The van der Waals surface area contributed by atoms with Crippen molar-refractivity contribution in [2.45, 2.75) is 25.2 Å². The van der Waals surface area contributed by atoms with Gasteiger partial charge < -0.3 is 16.0 Å². The Labute approximate surface area is 192 Å². The molecule has 6 rings (SSSR count). The van der Waals surface area contributed by atoms with Crippen molar-refractivity contribution in [3.05, 3.63) is 71.2 Å². The molecule has 3 N–H and O–H groups in total. The first kappa shape index (κ1) is 20.4. The molecule has 168 valence electrons. The van der Waals surface area contributed by atoms with Gasteiger partial charge in [0.2, 0.25) is 5.95 Å². The molecule has 3 aromatic rings. The number of nitrogens with two attached hydrogens (primary N) is 1. The van der Waals surface area contributed by atoms with Gasteiger partial charge in [-0.05, 0) is 59.7 Å². The number of likely N-dealkylation sites (tertiary alicyclic amines) is 1. The lowest BCUT2D eigenvalue weighted by Crippen LogP contribution is -2.31. The molecule has 2 aromatic carbocycles. The lowest BCUT2D eigenvalue weighted by atomic mass is 9.92. The van der Waals surface area contributed by atoms with E-state index in [1.165, 1.54) is 18.5 Å². The number of rotatable bonds is 4. The Kier molecular flexibility index (Phi) is 4.56. The van der Waals surface area contributed by atoms with Crippen molar-refractivity contribution < 1.29 is 9.18 Å². The second-order valence-corrected chi connectivity index (χ2v) is 9.60. The number of anilines is 1. The van der Waals surface area contributed by atoms with E-state index in [0.717, 1.165) is 42.1 Å². The number of benzene rings is 2. The van der Waals surface area contributed by atoms with E-state index in [2.05, 4.69) is 34.3 Å². The molecule has 1 unspecified atom stereocenters. The smallest absolute Gasteiger partial charge is 0.251 e. The first-order valence-corrected chi connectivity index (χ1v) is 11.7. The Balaban J connectivity index is 1.34. The maximum Gasteiger partial charge on any atom is 0.251 e. The van der Waals surface area contributed by atoms with E-state index in [9.17, 15) is 9.18 Å². The monoisotopic (exact) mass is 442 g/mol. The van der Waals surface area contributed by atoms with Crippen molar-refractivity contribution >= 4 is 11.7 Å². The number of fused-ring (bicyclic) bond motifs is 2. The maximum atomic E-state index is 14.9. The predicted molar refractivity (Wildman–Crippen MR) is 127 cm³/mol. The molecule has 2 fully saturated rings. The minimum Gasteiger partial charge on any atom is -0.383 e. The van der Waals surface area contributed by atoms with Crippen molar-refractivity contribution in [3.63, 3.8) is 0 Å². The summed E-state index contributed by atoms with van der Waals surface area (Å²) in [6.07, 6.45) is 2.01. The Morgan fingerprint density at radius 2 is 1.91 bits per heavy atom. The highest BCUT2D eigenvalue weighted by Gasteiger charge is 2.60. The third-order valence-electron chi connectivity index (χ3n) is 7.78. The summed E-state index contributed by atoms with van der Waals surface area (Å²) >= 11 is 0. The third kappa shape index (κ3) is 3.23. The molecule has 1 aromatic heterocycles. The number of nitrogens with zero attached hydrogens (tertiary/aromatic N) is 2. The molecule has 1 amide bonds. The molecule has 1 aliphatic carbocycles. The first-order valence-electron chi connectivity index (χ1n) is 11.7. The van der Waals surface area contributed by atoms with Crippen LogP contribution >= 0.6 is 0 Å². The Morgan fingerprint density at radius 1 is 1.12 bits per heavy atom. The molecule has 2 atom stereocenters. The molecule has 0 radical (unpaired) electrons. The SMILES string of the molecule is CCN1CC2C[C@@]2(c2ccc(-c3cc(-c4ccc5c(c4)CCNC5=O)c(N)nc3F)cc2)C1. The average Bonchev–Trinajstić information content (AvgIpc) is 3.40. The first-order chi connectivity index (χ1) is 16.0. The van der Waals surface area contributed by atoms with Crippen LogP contribution in [0.2, 0.25) is 0 Å². The van der Waals surface area contributed by atoms with Crippen LogP contribution < -0.4 is 11.1 Å². The molecule has 3 heterocycles. The Bertz CT molecular complexity index is 1270. The van der Waals surface area contributed by atoms with Gasteiger partial charge in [-0.2, -0.15) is 4.39 Å². The quantitative estimate of drug-likeness (QED) is 0.599. The van der Waals surface area contributed by atoms with Crippen LogP contribution in [0, 0.1) is 11.9 Å².